The minimum Gasteiger partial charge on any atom is -0.699 e. The number of aryl methyl sites for hydroxylation is 1. The normalized spacial score (nSPS) is 12.6. The fourth-order valence-electron chi connectivity index (χ4n) is 4.11. The van der Waals surface area contributed by atoms with E-state index in [-0.39, 0.29) is 0 Å². The first-order valence-electron chi connectivity index (χ1n) is 9.01. The van der Waals surface area contributed by atoms with Crippen molar-refractivity contribution in [2.75, 3.05) is 0 Å². The van der Waals surface area contributed by atoms with Gasteiger partial charge in [0.15, 0.2) is 0 Å². The highest BCUT2D eigenvalue weighted by Gasteiger charge is 2.17. The van der Waals surface area contributed by atoms with Gasteiger partial charge >= 0.3 is 0 Å². The third kappa shape index (κ3) is 1.95. The fraction of sp³-hybridized carbons (Fsp3) is 0.0435. The maximum absolute atomic E-state index is 7.91. The van der Waals surface area contributed by atoms with Crippen molar-refractivity contribution < 1.29 is 0 Å². The summed E-state index contributed by atoms with van der Waals surface area (Å²) in [6, 6.07) is 17.6. The van der Waals surface area contributed by atoms with E-state index < -0.39 is 0 Å². The van der Waals surface area contributed by atoms with E-state index in [0.29, 0.717) is 5.69 Å². The van der Waals surface area contributed by atoms with Crippen LogP contribution in [0.1, 0.15) is 5.56 Å². The summed E-state index contributed by atoms with van der Waals surface area (Å²) in [6.45, 7) is 2.17. The zero-order valence-corrected chi connectivity index (χ0v) is 18.0. The molecule has 0 saturated carbocycles. The third-order valence-electron chi connectivity index (χ3n) is 5.44. The molecule has 0 bridgehead atoms. The lowest BCUT2D eigenvalue weighted by Crippen LogP contribution is -1.67. The van der Waals surface area contributed by atoms with E-state index in [0.717, 1.165) is 0 Å². The molecule has 7 aromatic rings. The van der Waals surface area contributed by atoms with E-state index in [1.165, 1.54) is 64.7 Å². The van der Waals surface area contributed by atoms with Crippen LogP contribution in [0.2, 0.25) is 0 Å². The van der Waals surface area contributed by atoms with Crippen LogP contribution in [0.3, 0.4) is 0 Å². The van der Waals surface area contributed by atoms with Gasteiger partial charge in [0.1, 0.15) is 0 Å². The van der Waals surface area contributed by atoms with Gasteiger partial charge in [0.25, 0.3) is 0 Å². The van der Waals surface area contributed by atoms with Crippen molar-refractivity contribution in [3.05, 3.63) is 59.8 Å². The predicted molar refractivity (Wildman–Crippen MR) is 132 cm³/mol. The minimum absolute atomic E-state index is 0.591. The Morgan fingerprint density at radius 2 is 1.00 bits per heavy atom. The van der Waals surface area contributed by atoms with E-state index in [4.69, 9.17) is 5.73 Å². The van der Waals surface area contributed by atoms with Crippen LogP contribution in [0.5, 0.6) is 0 Å². The summed E-state index contributed by atoms with van der Waals surface area (Å²) >= 11 is 7.59. The minimum atomic E-state index is 0.591. The summed E-state index contributed by atoms with van der Waals surface area (Å²) in [7, 11) is 0. The Bertz CT molecular complexity index is 1610. The van der Waals surface area contributed by atoms with Crippen LogP contribution in [0, 0.1) is 6.92 Å². The number of hydrogen-bond acceptors (Lipinski definition) is 4. The quantitative estimate of drug-likeness (QED) is 0.228. The number of thiophene rings is 4. The summed E-state index contributed by atoms with van der Waals surface area (Å²) < 4.78 is 11.0. The molecule has 7 rings (SSSR count). The highest BCUT2D eigenvalue weighted by atomic mass is 32.1. The first kappa shape index (κ1) is 15.7. The molecule has 28 heavy (non-hydrogen) atoms. The zero-order valence-electron chi connectivity index (χ0n) is 14.8. The number of benzene rings is 3. The van der Waals surface area contributed by atoms with Crippen molar-refractivity contribution in [1.82, 2.24) is 0 Å². The lowest BCUT2D eigenvalue weighted by Gasteiger charge is -2.00. The van der Waals surface area contributed by atoms with Gasteiger partial charge in [-0.25, -0.2) is 0 Å². The number of hydrogen-bond donors (Lipinski definition) is 0. The molecule has 0 fully saturated rings. The second kappa shape index (κ2) is 5.24. The Kier molecular flexibility index (Phi) is 2.94. The monoisotopic (exact) mass is 430 g/mol. The van der Waals surface area contributed by atoms with Gasteiger partial charge in [-0.1, -0.05) is 30.3 Å². The van der Waals surface area contributed by atoms with Gasteiger partial charge in [-0.3, -0.25) is 0 Å². The van der Waals surface area contributed by atoms with Crippen LogP contribution in [0.15, 0.2) is 48.5 Å². The van der Waals surface area contributed by atoms with Crippen LogP contribution in [0.4, 0.5) is 5.69 Å². The van der Waals surface area contributed by atoms with Crippen molar-refractivity contribution in [2.24, 2.45) is 0 Å². The van der Waals surface area contributed by atoms with Gasteiger partial charge in [0.2, 0.25) is 0 Å². The summed E-state index contributed by atoms with van der Waals surface area (Å²) in [5.74, 6) is 0. The van der Waals surface area contributed by atoms with Crippen LogP contribution < -0.4 is 0 Å². The lowest BCUT2D eigenvalue weighted by molar-refractivity contribution is 1.52. The molecule has 0 aliphatic rings. The molecule has 0 atom stereocenters. The van der Waals surface area contributed by atoms with E-state index in [9.17, 15) is 0 Å². The van der Waals surface area contributed by atoms with E-state index >= 15 is 0 Å². The Hall–Kier alpha value is -2.18. The molecule has 4 heterocycles. The molecule has 3 aromatic carbocycles. The van der Waals surface area contributed by atoms with Crippen molar-refractivity contribution in [2.45, 2.75) is 6.92 Å². The first-order valence-corrected chi connectivity index (χ1v) is 12.3. The van der Waals surface area contributed by atoms with Gasteiger partial charge < -0.3 is 5.73 Å². The predicted octanol–water partition coefficient (Wildman–Crippen LogP) is 9.84. The second-order valence-corrected chi connectivity index (χ2v) is 11.5. The molecule has 0 unspecified atom stereocenters. The van der Waals surface area contributed by atoms with Gasteiger partial charge in [0.05, 0.1) is 18.8 Å². The third-order valence-corrected chi connectivity index (χ3v) is 10.4. The molecule has 0 radical (unpaired) electrons. The maximum Gasteiger partial charge on any atom is 0.0542 e. The van der Waals surface area contributed by atoms with Crippen LogP contribution in [-0.4, -0.2) is 0 Å². The van der Waals surface area contributed by atoms with Crippen molar-refractivity contribution in [3.8, 4) is 0 Å². The topological polar surface area (TPSA) is 23.8 Å². The molecular formula is C23H12NS4-. The van der Waals surface area contributed by atoms with Crippen LogP contribution >= 0.6 is 45.3 Å². The summed E-state index contributed by atoms with van der Waals surface area (Å²) in [4.78, 5) is 0. The molecule has 5 heteroatoms. The Labute approximate surface area is 176 Å². The first-order chi connectivity index (χ1) is 13.7. The molecular weight excluding hydrogens is 419 g/mol. The highest BCUT2D eigenvalue weighted by molar-refractivity contribution is 7.38. The standard InChI is InChI=1S/C23H12NS4/c1-10-2-4-12-16(6-10)25-22-14-8-19-15(9-18(14)27-20(12)22)23-21(28-19)13-5-3-11(24)7-17(13)26-23/h2-9,24H,1H3/q-1. The smallest absolute Gasteiger partial charge is 0.0542 e. The van der Waals surface area contributed by atoms with Gasteiger partial charge in [-0.05, 0) is 30.7 Å². The number of rotatable bonds is 0. The largest absolute Gasteiger partial charge is 0.699 e. The molecule has 0 spiro atoms. The average molecular weight is 431 g/mol. The molecule has 4 aromatic heterocycles. The number of fused-ring (bicyclic) bond motifs is 10. The van der Waals surface area contributed by atoms with Gasteiger partial charge in [0, 0.05) is 40.3 Å². The van der Waals surface area contributed by atoms with E-state index in [1.807, 2.05) is 57.5 Å². The summed E-state index contributed by atoms with van der Waals surface area (Å²) in [5.41, 5.74) is 9.83. The van der Waals surface area contributed by atoms with Gasteiger partial charge in [-0.2, -0.15) is 0 Å². The Morgan fingerprint density at radius 3 is 1.61 bits per heavy atom. The van der Waals surface area contributed by atoms with Gasteiger partial charge in [-0.15, -0.1) is 51.0 Å². The number of nitrogens with one attached hydrogen (secondary N) is 1. The molecule has 1 nitrogen and oxygen atoms in total. The fourth-order valence-corrected chi connectivity index (χ4v) is 9.58. The van der Waals surface area contributed by atoms with Crippen molar-refractivity contribution in [3.63, 3.8) is 0 Å². The van der Waals surface area contributed by atoms with E-state index in [1.54, 1.807) is 0 Å². The van der Waals surface area contributed by atoms with Crippen molar-refractivity contribution in [1.29, 1.82) is 0 Å². The molecule has 0 aliphatic carbocycles. The molecule has 0 amide bonds. The Balaban J connectivity index is 1.61. The molecule has 0 saturated heterocycles. The highest BCUT2D eigenvalue weighted by Crippen LogP contribution is 2.50. The maximum atomic E-state index is 7.91. The SMILES string of the molecule is Cc1ccc2c(c1)sc1c3cc4sc5c6ccc([NH-])cc6sc5c4cc3sc21. The molecule has 134 valence electrons. The summed E-state index contributed by atoms with van der Waals surface area (Å²) in [6.07, 6.45) is 0. The lowest BCUT2D eigenvalue weighted by atomic mass is 10.1. The van der Waals surface area contributed by atoms with Crippen LogP contribution in [0.25, 0.3) is 64.9 Å². The molecule has 1 N–H and O–H groups in total. The van der Waals surface area contributed by atoms with Crippen molar-refractivity contribution >= 4 is 110 Å². The van der Waals surface area contributed by atoms with Crippen LogP contribution in [-0.2, 0) is 0 Å². The average Bonchev–Trinajstić information content (AvgIpc) is 3.37. The second-order valence-electron chi connectivity index (χ2n) is 7.28. The zero-order chi connectivity index (χ0) is 18.6. The van der Waals surface area contributed by atoms with E-state index in [2.05, 4.69) is 43.3 Å². The Morgan fingerprint density at radius 1 is 0.536 bits per heavy atom. The summed E-state index contributed by atoms with van der Waals surface area (Å²) in [5, 5.41) is 5.46. The molecule has 0 aliphatic heterocycles.